The van der Waals surface area contributed by atoms with Crippen molar-refractivity contribution in [1.82, 2.24) is 4.98 Å². The minimum Gasteiger partial charge on any atom is -0.392 e. The Kier molecular flexibility index (Phi) is 3.41. The summed E-state index contributed by atoms with van der Waals surface area (Å²) in [6, 6.07) is 8.42. The summed E-state index contributed by atoms with van der Waals surface area (Å²) in [6.07, 6.45) is 1.31. The Balaban J connectivity index is 1.67. The van der Waals surface area contributed by atoms with Gasteiger partial charge >= 0.3 is 0 Å². The number of aromatic nitrogens is 1. The zero-order valence-corrected chi connectivity index (χ0v) is 11.8. The van der Waals surface area contributed by atoms with E-state index in [0.717, 1.165) is 17.1 Å². The predicted molar refractivity (Wildman–Crippen MR) is 76.4 cm³/mol. The topological polar surface area (TPSA) is 33.1 Å². The number of rotatable bonds is 3. The predicted octanol–water partition coefficient (Wildman–Crippen LogP) is 3.07. The standard InChI is InChI=1S/C14H15NOS2/c1-9-15-11(8-17-9)7-12(16)14-6-10-4-2-3-5-13(10)18-14/h2-5,8,12,14,16H,6-7H2,1H3. The molecule has 94 valence electrons. The Morgan fingerprint density at radius 2 is 2.28 bits per heavy atom. The van der Waals surface area contributed by atoms with Crippen molar-refractivity contribution in [3.8, 4) is 0 Å². The fourth-order valence-corrected chi connectivity index (χ4v) is 4.20. The minimum absolute atomic E-state index is 0.268. The molecule has 0 saturated heterocycles. The molecule has 1 aliphatic heterocycles. The van der Waals surface area contributed by atoms with E-state index in [4.69, 9.17) is 0 Å². The van der Waals surface area contributed by atoms with Crippen LogP contribution in [0.3, 0.4) is 0 Å². The van der Waals surface area contributed by atoms with E-state index in [-0.39, 0.29) is 11.4 Å². The van der Waals surface area contributed by atoms with E-state index < -0.39 is 0 Å². The van der Waals surface area contributed by atoms with Crippen LogP contribution in [-0.2, 0) is 12.8 Å². The Bertz CT molecular complexity index is 527. The summed E-state index contributed by atoms with van der Waals surface area (Å²) in [5.74, 6) is 0. The van der Waals surface area contributed by atoms with Crippen molar-refractivity contribution in [3.63, 3.8) is 0 Å². The molecule has 0 radical (unpaired) electrons. The van der Waals surface area contributed by atoms with E-state index in [1.807, 2.05) is 12.3 Å². The van der Waals surface area contributed by atoms with Gasteiger partial charge in [0, 0.05) is 21.9 Å². The number of fused-ring (bicyclic) bond motifs is 1. The zero-order valence-electron chi connectivity index (χ0n) is 10.2. The molecule has 3 rings (SSSR count). The van der Waals surface area contributed by atoms with Gasteiger partial charge in [-0.25, -0.2) is 4.98 Å². The van der Waals surface area contributed by atoms with Crippen molar-refractivity contribution in [2.24, 2.45) is 0 Å². The molecular formula is C14H15NOS2. The number of thioether (sulfide) groups is 1. The number of hydrogen-bond acceptors (Lipinski definition) is 4. The Morgan fingerprint density at radius 3 is 3.00 bits per heavy atom. The molecule has 2 nitrogen and oxygen atoms in total. The molecule has 0 aliphatic carbocycles. The van der Waals surface area contributed by atoms with Crippen molar-refractivity contribution >= 4 is 23.1 Å². The molecule has 2 aromatic rings. The highest BCUT2D eigenvalue weighted by Crippen LogP contribution is 2.38. The Labute approximate surface area is 115 Å². The van der Waals surface area contributed by atoms with Gasteiger partial charge in [0.2, 0.25) is 0 Å². The van der Waals surface area contributed by atoms with E-state index >= 15 is 0 Å². The number of aryl methyl sites for hydroxylation is 1. The van der Waals surface area contributed by atoms with Gasteiger partial charge < -0.3 is 5.11 Å². The number of benzene rings is 1. The SMILES string of the molecule is Cc1nc(CC(O)C2Cc3ccccc3S2)cs1. The van der Waals surface area contributed by atoms with E-state index in [1.54, 1.807) is 23.1 Å². The largest absolute Gasteiger partial charge is 0.392 e. The van der Waals surface area contributed by atoms with E-state index in [0.29, 0.717) is 6.42 Å². The van der Waals surface area contributed by atoms with Gasteiger partial charge in [0.25, 0.3) is 0 Å². The molecule has 0 amide bonds. The number of aliphatic hydroxyl groups excluding tert-OH is 1. The van der Waals surface area contributed by atoms with Crippen LogP contribution in [0.1, 0.15) is 16.3 Å². The molecule has 1 aromatic heterocycles. The lowest BCUT2D eigenvalue weighted by Crippen LogP contribution is -2.25. The van der Waals surface area contributed by atoms with Crippen molar-refractivity contribution in [2.45, 2.75) is 36.0 Å². The van der Waals surface area contributed by atoms with Gasteiger partial charge in [-0.2, -0.15) is 0 Å². The first-order valence-corrected chi connectivity index (χ1v) is 7.82. The van der Waals surface area contributed by atoms with Crippen LogP contribution < -0.4 is 0 Å². The first kappa shape index (κ1) is 12.2. The summed E-state index contributed by atoms with van der Waals surface area (Å²) < 4.78 is 0. The van der Waals surface area contributed by atoms with Gasteiger partial charge in [0.15, 0.2) is 0 Å². The first-order valence-electron chi connectivity index (χ1n) is 6.06. The van der Waals surface area contributed by atoms with Gasteiger partial charge in [-0.1, -0.05) is 18.2 Å². The van der Waals surface area contributed by atoms with Crippen LogP contribution in [0, 0.1) is 6.92 Å². The van der Waals surface area contributed by atoms with Crippen LogP contribution in [0.15, 0.2) is 34.5 Å². The van der Waals surface area contributed by atoms with Crippen LogP contribution >= 0.6 is 23.1 Å². The maximum atomic E-state index is 10.3. The molecule has 2 atom stereocenters. The van der Waals surface area contributed by atoms with Crippen LogP contribution in [-0.4, -0.2) is 21.4 Å². The molecule has 2 heterocycles. The molecule has 1 aliphatic rings. The maximum Gasteiger partial charge on any atom is 0.0897 e. The average molecular weight is 277 g/mol. The number of nitrogens with zero attached hydrogens (tertiary/aromatic N) is 1. The third kappa shape index (κ3) is 2.46. The van der Waals surface area contributed by atoms with Crippen LogP contribution in [0.25, 0.3) is 0 Å². The second-order valence-corrected chi connectivity index (χ2v) is 6.94. The van der Waals surface area contributed by atoms with Crippen LogP contribution in [0.2, 0.25) is 0 Å². The third-order valence-electron chi connectivity index (χ3n) is 3.19. The molecule has 4 heteroatoms. The summed E-state index contributed by atoms with van der Waals surface area (Å²) >= 11 is 3.44. The number of aliphatic hydroxyl groups is 1. The lowest BCUT2D eigenvalue weighted by atomic mass is 10.0. The Hall–Kier alpha value is -0.840. The molecule has 18 heavy (non-hydrogen) atoms. The number of hydrogen-bond donors (Lipinski definition) is 1. The van der Waals surface area contributed by atoms with Crippen molar-refractivity contribution in [3.05, 3.63) is 45.9 Å². The Morgan fingerprint density at radius 1 is 1.44 bits per heavy atom. The molecule has 0 spiro atoms. The third-order valence-corrected chi connectivity index (χ3v) is 5.44. The molecule has 1 aromatic carbocycles. The van der Waals surface area contributed by atoms with Gasteiger partial charge in [-0.15, -0.1) is 23.1 Å². The van der Waals surface area contributed by atoms with Crippen molar-refractivity contribution in [1.29, 1.82) is 0 Å². The van der Waals surface area contributed by atoms with Gasteiger partial charge in [0.05, 0.1) is 16.8 Å². The normalized spacial score (nSPS) is 19.8. The maximum absolute atomic E-state index is 10.3. The molecule has 0 saturated carbocycles. The van der Waals surface area contributed by atoms with Crippen molar-refractivity contribution < 1.29 is 5.11 Å². The fraction of sp³-hybridized carbons (Fsp3) is 0.357. The zero-order chi connectivity index (χ0) is 12.5. The number of thiazole rings is 1. The summed E-state index contributed by atoms with van der Waals surface area (Å²) in [4.78, 5) is 5.74. The van der Waals surface area contributed by atoms with Crippen LogP contribution in [0.5, 0.6) is 0 Å². The summed E-state index contributed by atoms with van der Waals surface area (Å²) in [7, 11) is 0. The summed E-state index contributed by atoms with van der Waals surface area (Å²) in [5.41, 5.74) is 2.38. The molecule has 2 unspecified atom stereocenters. The first-order chi connectivity index (χ1) is 8.72. The van der Waals surface area contributed by atoms with Gasteiger partial charge in [0.1, 0.15) is 0 Å². The van der Waals surface area contributed by atoms with Gasteiger partial charge in [-0.05, 0) is 25.0 Å². The smallest absolute Gasteiger partial charge is 0.0897 e. The monoisotopic (exact) mass is 277 g/mol. The highest BCUT2D eigenvalue weighted by Gasteiger charge is 2.28. The molecule has 0 bridgehead atoms. The minimum atomic E-state index is -0.316. The highest BCUT2D eigenvalue weighted by molar-refractivity contribution is 8.00. The fourth-order valence-electron chi connectivity index (χ4n) is 2.27. The highest BCUT2D eigenvalue weighted by atomic mass is 32.2. The second kappa shape index (κ2) is 5.03. The summed E-state index contributed by atoms with van der Waals surface area (Å²) in [5, 5.41) is 13.7. The lowest BCUT2D eigenvalue weighted by molar-refractivity contribution is 0.171. The summed E-state index contributed by atoms with van der Waals surface area (Å²) in [6.45, 7) is 2.00. The van der Waals surface area contributed by atoms with Crippen molar-refractivity contribution in [2.75, 3.05) is 0 Å². The van der Waals surface area contributed by atoms with Crippen LogP contribution in [0.4, 0.5) is 0 Å². The molecule has 1 N–H and O–H groups in total. The van der Waals surface area contributed by atoms with E-state index in [2.05, 4.69) is 29.2 Å². The molecule has 0 fully saturated rings. The lowest BCUT2D eigenvalue weighted by Gasteiger charge is -2.15. The second-order valence-electron chi connectivity index (χ2n) is 4.60. The molecular weight excluding hydrogens is 262 g/mol. The average Bonchev–Trinajstić information content (AvgIpc) is 2.95. The van der Waals surface area contributed by atoms with E-state index in [9.17, 15) is 5.11 Å². The van der Waals surface area contributed by atoms with E-state index in [1.165, 1.54) is 10.5 Å². The van der Waals surface area contributed by atoms with Gasteiger partial charge in [-0.3, -0.25) is 0 Å². The quantitative estimate of drug-likeness (QED) is 0.936.